The number of carbonyl (C=O) groups is 2. The number of furan rings is 1. The fourth-order valence-corrected chi connectivity index (χ4v) is 5.31. The molecule has 0 N–H and O–H groups in total. The topological polar surface area (TPSA) is 82.8 Å². The number of hydrogen-bond donors (Lipinski definition) is 0. The Hall–Kier alpha value is -3.59. The van der Waals surface area contributed by atoms with Crippen LogP contribution in [0.3, 0.4) is 0 Å². The Kier molecular flexibility index (Phi) is 8.89. The van der Waals surface area contributed by atoms with Crippen LogP contribution >= 0.6 is 34.8 Å². The van der Waals surface area contributed by atoms with E-state index in [0.717, 1.165) is 24.3 Å². The van der Waals surface area contributed by atoms with Crippen LogP contribution in [0.5, 0.6) is 0 Å². The Morgan fingerprint density at radius 2 is 1.73 bits per heavy atom. The molecule has 0 unspecified atom stereocenters. The van der Waals surface area contributed by atoms with E-state index in [9.17, 15) is 9.59 Å². The molecule has 2 aromatic heterocycles. The first-order chi connectivity index (χ1) is 19.4. The van der Waals surface area contributed by atoms with Crippen LogP contribution in [0.15, 0.2) is 77.4 Å². The Balaban J connectivity index is 1.25. The summed E-state index contributed by atoms with van der Waals surface area (Å²) in [4.78, 5) is 32.2. The number of anilines is 1. The van der Waals surface area contributed by atoms with Crippen molar-refractivity contribution in [1.82, 2.24) is 20.0 Å². The summed E-state index contributed by atoms with van der Waals surface area (Å²) in [7, 11) is 0. The lowest BCUT2D eigenvalue weighted by Gasteiger charge is -2.27. The second-order valence-corrected chi connectivity index (χ2v) is 10.6. The molecule has 1 saturated heterocycles. The standard InChI is InChI=1S/C29H26Cl3N5O3/c30-20-8-9-23(25(32)17-20)29(39)37(18-21-5-3-16-40-21)19-28(38)36-13-4-12-35(14-15-36)27-11-10-26(33-34-27)22-6-1-2-7-24(22)31/h1-3,5-11,16-17H,4,12-15,18-19H2. The molecule has 1 aliphatic heterocycles. The highest BCUT2D eigenvalue weighted by Gasteiger charge is 2.26. The van der Waals surface area contributed by atoms with Crippen molar-refractivity contribution in [2.75, 3.05) is 37.6 Å². The number of hydrogen-bond acceptors (Lipinski definition) is 6. The molecule has 0 saturated carbocycles. The fraction of sp³-hybridized carbons (Fsp3) is 0.241. The lowest BCUT2D eigenvalue weighted by Crippen LogP contribution is -2.44. The van der Waals surface area contributed by atoms with Gasteiger partial charge in [0.25, 0.3) is 5.91 Å². The molecule has 0 atom stereocenters. The first-order valence-corrected chi connectivity index (χ1v) is 13.9. The monoisotopic (exact) mass is 597 g/mol. The molecule has 2 aromatic carbocycles. The van der Waals surface area contributed by atoms with Gasteiger partial charge in [-0.05, 0) is 55.0 Å². The molecule has 3 heterocycles. The predicted molar refractivity (Wildman–Crippen MR) is 156 cm³/mol. The summed E-state index contributed by atoms with van der Waals surface area (Å²) < 4.78 is 5.45. The van der Waals surface area contributed by atoms with E-state index in [1.54, 1.807) is 29.2 Å². The molecule has 1 aliphatic rings. The van der Waals surface area contributed by atoms with E-state index in [2.05, 4.69) is 15.1 Å². The zero-order valence-electron chi connectivity index (χ0n) is 21.5. The van der Waals surface area contributed by atoms with E-state index < -0.39 is 0 Å². The summed E-state index contributed by atoms with van der Waals surface area (Å²) in [5.74, 6) is 0.757. The highest BCUT2D eigenvalue weighted by molar-refractivity contribution is 6.36. The minimum atomic E-state index is -0.378. The van der Waals surface area contributed by atoms with Crippen molar-refractivity contribution in [3.63, 3.8) is 0 Å². The number of halogens is 3. The quantitative estimate of drug-likeness (QED) is 0.257. The van der Waals surface area contributed by atoms with E-state index in [1.807, 2.05) is 36.4 Å². The van der Waals surface area contributed by atoms with Gasteiger partial charge in [-0.2, -0.15) is 0 Å². The van der Waals surface area contributed by atoms with Crippen molar-refractivity contribution in [2.45, 2.75) is 13.0 Å². The molecule has 4 aromatic rings. The van der Waals surface area contributed by atoms with Crippen molar-refractivity contribution in [1.29, 1.82) is 0 Å². The number of rotatable bonds is 7. The van der Waals surface area contributed by atoms with Gasteiger partial charge in [-0.15, -0.1) is 10.2 Å². The number of benzene rings is 2. The average Bonchev–Trinajstić information content (AvgIpc) is 3.34. The number of nitrogens with zero attached hydrogens (tertiary/aromatic N) is 5. The van der Waals surface area contributed by atoms with Crippen molar-refractivity contribution in [3.8, 4) is 11.3 Å². The molecule has 1 fully saturated rings. The predicted octanol–water partition coefficient (Wildman–Crippen LogP) is 6.08. The van der Waals surface area contributed by atoms with Crippen LogP contribution in [0.1, 0.15) is 22.5 Å². The Morgan fingerprint density at radius 3 is 2.45 bits per heavy atom. The lowest BCUT2D eigenvalue weighted by molar-refractivity contribution is -0.131. The van der Waals surface area contributed by atoms with Crippen molar-refractivity contribution in [3.05, 3.63) is 99.4 Å². The van der Waals surface area contributed by atoms with Crippen LogP contribution in [0.4, 0.5) is 5.82 Å². The van der Waals surface area contributed by atoms with Crippen molar-refractivity contribution >= 4 is 52.4 Å². The molecule has 40 heavy (non-hydrogen) atoms. The first-order valence-electron chi connectivity index (χ1n) is 12.8. The van der Waals surface area contributed by atoms with E-state index in [4.69, 9.17) is 39.2 Å². The molecule has 5 rings (SSSR count). The summed E-state index contributed by atoms with van der Waals surface area (Å²) in [6.45, 7) is 2.36. The highest BCUT2D eigenvalue weighted by Crippen LogP contribution is 2.27. The molecular formula is C29H26Cl3N5O3. The Bertz CT molecular complexity index is 1480. The summed E-state index contributed by atoms with van der Waals surface area (Å²) in [5.41, 5.74) is 1.79. The lowest BCUT2D eigenvalue weighted by atomic mass is 10.1. The van der Waals surface area contributed by atoms with E-state index in [1.165, 1.54) is 17.2 Å². The number of carbonyl (C=O) groups excluding carboxylic acids is 2. The minimum Gasteiger partial charge on any atom is -0.467 e. The molecule has 8 nitrogen and oxygen atoms in total. The van der Waals surface area contributed by atoms with Gasteiger partial charge in [0.15, 0.2) is 5.82 Å². The molecule has 0 bridgehead atoms. The molecule has 0 spiro atoms. The van der Waals surface area contributed by atoms with Gasteiger partial charge in [-0.25, -0.2) is 0 Å². The Morgan fingerprint density at radius 1 is 0.875 bits per heavy atom. The van der Waals surface area contributed by atoms with E-state index in [-0.39, 0.29) is 35.5 Å². The molecule has 0 radical (unpaired) electrons. The van der Waals surface area contributed by atoms with E-state index in [0.29, 0.717) is 41.1 Å². The van der Waals surface area contributed by atoms with Crippen LogP contribution in [-0.4, -0.2) is 64.5 Å². The summed E-state index contributed by atoms with van der Waals surface area (Å²) in [6.07, 6.45) is 2.27. The van der Waals surface area contributed by atoms with Crippen LogP contribution in [-0.2, 0) is 11.3 Å². The zero-order chi connectivity index (χ0) is 28.1. The third-order valence-electron chi connectivity index (χ3n) is 6.67. The summed E-state index contributed by atoms with van der Waals surface area (Å²) >= 11 is 18.6. The maximum absolute atomic E-state index is 13.4. The maximum Gasteiger partial charge on any atom is 0.256 e. The Labute approximate surface area is 247 Å². The SMILES string of the molecule is O=C(CN(Cc1ccco1)C(=O)c1ccc(Cl)cc1Cl)N1CCCN(c2ccc(-c3ccccc3Cl)nn2)CC1. The van der Waals surface area contributed by atoms with Gasteiger partial charge in [-0.3, -0.25) is 9.59 Å². The van der Waals surface area contributed by atoms with Crippen LogP contribution < -0.4 is 4.90 Å². The molecule has 206 valence electrons. The van der Waals surface area contributed by atoms with Gasteiger partial charge in [0.05, 0.1) is 34.1 Å². The smallest absolute Gasteiger partial charge is 0.256 e. The van der Waals surface area contributed by atoms with Gasteiger partial charge in [0.1, 0.15) is 12.3 Å². The van der Waals surface area contributed by atoms with Gasteiger partial charge in [-0.1, -0.05) is 53.0 Å². The summed E-state index contributed by atoms with van der Waals surface area (Å²) in [5, 5.41) is 10.1. The van der Waals surface area contributed by atoms with Gasteiger partial charge < -0.3 is 19.1 Å². The third kappa shape index (κ3) is 6.58. The van der Waals surface area contributed by atoms with Crippen LogP contribution in [0.25, 0.3) is 11.3 Å². The number of amides is 2. The van der Waals surface area contributed by atoms with Gasteiger partial charge >= 0.3 is 0 Å². The van der Waals surface area contributed by atoms with E-state index >= 15 is 0 Å². The second-order valence-electron chi connectivity index (χ2n) is 9.34. The maximum atomic E-state index is 13.4. The molecule has 0 aliphatic carbocycles. The molecular weight excluding hydrogens is 573 g/mol. The minimum absolute atomic E-state index is 0.120. The van der Waals surface area contributed by atoms with Crippen molar-refractivity contribution in [2.24, 2.45) is 0 Å². The first kappa shape index (κ1) is 28.0. The average molecular weight is 599 g/mol. The number of aromatic nitrogens is 2. The molecule has 11 heteroatoms. The second kappa shape index (κ2) is 12.7. The fourth-order valence-electron chi connectivity index (χ4n) is 4.59. The van der Waals surface area contributed by atoms with Crippen molar-refractivity contribution < 1.29 is 14.0 Å². The van der Waals surface area contributed by atoms with Gasteiger partial charge in [0, 0.05) is 36.8 Å². The summed E-state index contributed by atoms with van der Waals surface area (Å²) in [6, 6.07) is 19.5. The van der Waals surface area contributed by atoms with Gasteiger partial charge in [0.2, 0.25) is 5.91 Å². The third-order valence-corrected chi connectivity index (χ3v) is 7.55. The highest BCUT2D eigenvalue weighted by atomic mass is 35.5. The normalized spacial score (nSPS) is 13.7. The van der Waals surface area contributed by atoms with Crippen LogP contribution in [0.2, 0.25) is 15.1 Å². The zero-order valence-corrected chi connectivity index (χ0v) is 23.7. The largest absolute Gasteiger partial charge is 0.467 e. The molecule has 2 amide bonds. The van der Waals surface area contributed by atoms with Crippen LogP contribution in [0, 0.1) is 0 Å².